The largest absolute Gasteiger partial charge is 0.378 e. The second-order valence-corrected chi connectivity index (χ2v) is 7.83. The number of aromatic nitrogens is 2. The fraction of sp³-hybridized carbons (Fsp3) is 0.304. The monoisotopic (exact) mass is 406 g/mol. The molecule has 0 aliphatic rings. The van der Waals surface area contributed by atoms with E-state index in [4.69, 9.17) is 0 Å². The van der Waals surface area contributed by atoms with Gasteiger partial charge in [-0.2, -0.15) is 0 Å². The summed E-state index contributed by atoms with van der Waals surface area (Å²) in [6.07, 6.45) is 3.77. The maximum absolute atomic E-state index is 12.5. The van der Waals surface area contributed by atoms with Crippen LogP contribution in [0.2, 0.25) is 0 Å². The summed E-state index contributed by atoms with van der Waals surface area (Å²) in [5.41, 5.74) is 7.03. The van der Waals surface area contributed by atoms with Gasteiger partial charge in [0, 0.05) is 52.3 Å². The van der Waals surface area contributed by atoms with Gasteiger partial charge in [0.05, 0.1) is 23.4 Å². The lowest BCUT2D eigenvalue weighted by Gasteiger charge is -2.19. The number of nitrogens with one attached hydrogen (secondary N) is 2. The maximum atomic E-state index is 12.5. The molecule has 0 atom stereocenters. The smallest absolute Gasteiger partial charge is 0.319 e. The molecule has 0 spiro atoms. The second-order valence-electron chi connectivity index (χ2n) is 7.83. The van der Waals surface area contributed by atoms with Gasteiger partial charge in [-0.25, -0.2) is 9.78 Å². The lowest BCUT2D eigenvalue weighted by atomic mass is 10.1. The van der Waals surface area contributed by atoms with E-state index in [0.29, 0.717) is 6.54 Å². The molecule has 0 bridgehead atoms. The maximum Gasteiger partial charge on any atom is 0.319 e. The third-order valence-electron chi connectivity index (χ3n) is 4.99. The van der Waals surface area contributed by atoms with Gasteiger partial charge in [0.2, 0.25) is 0 Å². The predicted octanol–water partition coefficient (Wildman–Crippen LogP) is 3.94. The number of carbonyl (C=O) groups is 1. The minimum absolute atomic E-state index is 0.236. The predicted molar refractivity (Wildman–Crippen MR) is 124 cm³/mol. The van der Waals surface area contributed by atoms with Crippen LogP contribution in [0.4, 0.5) is 21.9 Å². The van der Waals surface area contributed by atoms with Crippen LogP contribution in [0.15, 0.2) is 48.9 Å². The van der Waals surface area contributed by atoms with Crippen LogP contribution in [0.1, 0.15) is 16.8 Å². The van der Waals surface area contributed by atoms with Crippen molar-refractivity contribution in [1.82, 2.24) is 14.9 Å². The van der Waals surface area contributed by atoms with Crippen molar-refractivity contribution in [2.75, 3.05) is 43.3 Å². The van der Waals surface area contributed by atoms with Crippen LogP contribution in [-0.2, 0) is 6.54 Å². The number of aryl methyl sites for hydroxylation is 2. The van der Waals surface area contributed by atoms with E-state index >= 15 is 0 Å². The molecule has 2 aromatic carbocycles. The van der Waals surface area contributed by atoms with Gasteiger partial charge in [-0.15, -0.1) is 0 Å². The zero-order chi connectivity index (χ0) is 21.8. The second kappa shape index (κ2) is 8.90. The summed E-state index contributed by atoms with van der Waals surface area (Å²) in [6.45, 7) is 4.47. The van der Waals surface area contributed by atoms with Crippen molar-refractivity contribution >= 4 is 23.1 Å². The van der Waals surface area contributed by atoms with Crippen molar-refractivity contribution in [2.45, 2.75) is 20.4 Å². The number of imidazole rings is 1. The molecule has 0 fully saturated rings. The van der Waals surface area contributed by atoms with E-state index in [-0.39, 0.29) is 6.03 Å². The van der Waals surface area contributed by atoms with Crippen LogP contribution in [0.3, 0.4) is 0 Å². The number of benzene rings is 2. The van der Waals surface area contributed by atoms with Crippen LogP contribution >= 0.6 is 0 Å². The van der Waals surface area contributed by atoms with Crippen LogP contribution in [0.25, 0.3) is 5.69 Å². The molecule has 1 heterocycles. The van der Waals surface area contributed by atoms with Crippen molar-refractivity contribution in [2.24, 2.45) is 0 Å². The van der Waals surface area contributed by atoms with Crippen molar-refractivity contribution in [3.63, 3.8) is 0 Å². The van der Waals surface area contributed by atoms with Gasteiger partial charge in [0.1, 0.15) is 0 Å². The van der Waals surface area contributed by atoms with Gasteiger partial charge in [-0.05, 0) is 55.3 Å². The highest BCUT2D eigenvalue weighted by molar-refractivity contribution is 5.90. The number of hydrogen-bond acceptors (Lipinski definition) is 4. The summed E-state index contributed by atoms with van der Waals surface area (Å²) in [4.78, 5) is 20.9. The molecular formula is C23H30N6O. The third kappa shape index (κ3) is 4.92. The highest BCUT2D eigenvalue weighted by atomic mass is 16.2. The quantitative estimate of drug-likeness (QED) is 0.651. The van der Waals surface area contributed by atoms with E-state index in [1.165, 1.54) is 0 Å². The van der Waals surface area contributed by atoms with E-state index in [2.05, 4.69) is 38.7 Å². The summed E-state index contributed by atoms with van der Waals surface area (Å²) >= 11 is 0. The highest BCUT2D eigenvalue weighted by Crippen LogP contribution is 2.27. The van der Waals surface area contributed by atoms with Crippen molar-refractivity contribution < 1.29 is 4.79 Å². The minimum atomic E-state index is -0.236. The van der Waals surface area contributed by atoms with Gasteiger partial charge >= 0.3 is 6.03 Å². The number of rotatable bonds is 6. The normalized spacial score (nSPS) is 10.6. The van der Waals surface area contributed by atoms with E-state index in [1.54, 1.807) is 6.33 Å². The molecule has 2 N–H and O–H groups in total. The average Bonchev–Trinajstić information content (AvgIpc) is 3.13. The van der Waals surface area contributed by atoms with Gasteiger partial charge in [-0.3, -0.25) is 0 Å². The van der Waals surface area contributed by atoms with E-state index < -0.39 is 0 Å². The van der Waals surface area contributed by atoms with E-state index in [0.717, 1.165) is 39.6 Å². The Kier molecular flexibility index (Phi) is 6.30. The molecule has 0 aliphatic carbocycles. The Bertz CT molecular complexity index is 1040. The molecule has 0 aliphatic heterocycles. The molecule has 0 saturated heterocycles. The Morgan fingerprint density at radius 2 is 1.80 bits per heavy atom. The van der Waals surface area contributed by atoms with E-state index in [9.17, 15) is 4.79 Å². The zero-order valence-corrected chi connectivity index (χ0v) is 18.5. The average molecular weight is 407 g/mol. The number of amides is 2. The summed E-state index contributed by atoms with van der Waals surface area (Å²) in [6, 6.07) is 11.9. The standard InChI is InChI=1S/C23H30N6O/c1-16-7-9-20(27(3)4)11-18(16)13-24-23(30)26-19-8-10-21(22(12-19)28(5)6)29-14-17(2)25-15-29/h7-12,14-15H,13H2,1-6H3,(H2,24,26,30). The molecule has 7 heteroatoms. The molecule has 30 heavy (non-hydrogen) atoms. The molecule has 1 aromatic heterocycles. The molecule has 0 saturated carbocycles. The van der Waals surface area contributed by atoms with Crippen molar-refractivity contribution in [3.05, 3.63) is 65.7 Å². The Hall–Kier alpha value is -3.48. The first-order valence-corrected chi connectivity index (χ1v) is 9.88. The first kappa shape index (κ1) is 21.2. The molecule has 2 amide bonds. The molecule has 0 radical (unpaired) electrons. The Labute approximate surface area is 178 Å². The molecular weight excluding hydrogens is 376 g/mol. The van der Waals surface area contributed by atoms with Crippen LogP contribution in [-0.4, -0.2) is 43.8 Å². The number of urea groups is 1. The summed E-state index contributed by atoms with van der Waals surface area (Å²) in [5, 5.41) is 5.89. The van der Waals surface area contributed by atoms with Gasteiger partial charge < -0.3 is 25.0 Å². The first-order chi connectivity index (χ1) is 14.2. The van der Waals surface area contributed by atoms with Crippen LogP contribution < -0.4 is 20.4 Å². The molecule has 158 valence electrons. The fourth-order valence-electron chi connectivity index (χ4n) is 3.21. The molecule has 3 rings (SSSR count). The minimum Gasteiger partial charge on any atom is -0.378 e. The molecule has 7 nitrogen and oxygen atoms in total. The highest BCUT2D eigenvalue weighted by Gasteiger charge is 2.11. The first-order valence-electron chi connectivity index (χ1n) is 9.88. The van der Waals surface area contributed by atoms with Crippen molar-refractivity contribution in [1.29, 1.82) is 0 Å². The van der Waals surface area contributed by atoms with Gasteiger partial charge in [0.25, 0.3) is 0 Å². The van der Waals surface area contributed by atoms with E-state index in [1.807, 2.05) is 75.9 Å². The van der Waals surface area contributed by atoms with Crippen LogP contribution in [0.5, 0.6) is 0 Å². The zero-order valence-electron chi connectivity index (χ0n) is 18.5. The Morgan fingerprint density at radius 3 is 2.43 bits per heavy atom. The summed E-state index contributed by atoms with van der Waals surface area (Å²) in [7, 11) is 7.97. The number of nitrogens with zero attached hydrogens (tertiary/aromatic N) is 4. The fourth-order valence-corrected chi connectivity index (χ4v) is 3.21. The van der Waals surface area contributed by atoms with Gasteiger partial charge in [0.15, 0.2) is 0 Å². The lowest BCUT2D eigenvalue weighted by Crippen LogP contribution is -2.28. The van der Waals surface area contributed by atoms with Gasteiger partial charge in [-0.1, -0.05) is 6.07 Å². The third-order valence-corrected chi connectivity index (χ3v) is 4.99. The molecule has 0 unspecified atom stereocenters. The lowest BCUT2D eigenvalue weighted by molar-refractivity contribution is 0.251. The Morgan fingerprint density at radius 1 is 1.03 bits per heavy atom. The summed E-state index contributed by atoms with van der Waals surface area (Å²) in [5.74, 6) is 0. The number of carbonyl (C=O) groups excluding carboxylic acids is 1. The topological polar surface area (TPSA) is 65.4 Å². The van der Waals surface area contributed by atoms with Crippen molar-refractivity contribution in [3.8, 4) is 5.69 Å². The molecule has 3 aromatic rings. The number of hydrogen-bond donors (Lipinski definition) is 2. The SMILES string of the molecule is Cc1cn(-c2ccc(NC(=O)NCc3cc(N(C)C)ccc3C)cc2N(C)C)cn1. The van der Waals surface area contributed by atoms with Crippen LogP contribution in [0, 0.1) is 13.8 Å². The summed E-state index contributed by atoms with van der Waals surface area (Å²) < 4.78 is 1.98. The Balaban J connectivity index is 1.71. The number of anilines is 3.